The van der Waals surface area contributed by atoms with Gasteiger partial charge in [0.15, 0.2) is 0 Å². The third kappa shape index (κ3) is 4.65. The topological polar surface area (TPSA) is 60.2 Å². The number of rotatable bonds is 5. The molecule has 0 heterocycles. The molecule has 0 N–H and O–H groups in total. The highest BCUT2D eigenvalue weighted by atomic mass is 16.6. The van der Waals surface area contributed by atoms with Crippen LogP contribution in [0.4, 0.5) is 0 Å². The number of ketones is 1. The molecule has 0 aliphatic carbocycles. The summed E-state index contributed by atoms with van der Waals surface area (Å²) in [6.45, 7) is 1.36. The molecule has 0 bridgehead atoms. The summed E-state index contributed by atoms with van der Waals surface area (Å²) in [6.07, 6.45) is 1.61. The van der Waals surface area contributed by atoms with Crippen molar-refractivity contribution in [3.63, 3.8) is 0 Å². The molecule has 0 aromatic heterocycles. The molecule has 0 fully saturated rings. The lowest BCUT2D eigenvalue weighted by molar-refractivity contribution is -0.481. The minimum atomic E-state index is -0.608. The van der Waals surface area contributed by atoms with Gasteiger partial charge in [-0.2, -0.15) is 0 Å². The van der Waals surface area contributed by atoms with E-state index in [1.54, 1.807) is 49.4 Å². The van der Waals surface area contributed by atoms with E-state index >= 15 is 0 Å². The molecule has 1 atom stereocenters. The number of benzene rings is 2. The van der Waals surface area contributed by atoms with Gasteiger partial charge in [-0.25, -0.2) is 0 Å². The van der Waals surface area contributed by atoms with E-state index in [4.69, 9.17) is 0 Å². The van der Waals surface area contributed by atoms with Crippen LogP contribution in [0.5, 0.6) is 0 Å². The van der Waals surface area contributed by atoms with Crippen LogP contribution in [0.15, 0.2) is 72.3 Å². The summed E-state index contributed by atoms with van der Waals surface area (Å²) in [6, 6.07) is 18.2. The fourth-order valence-electron chi connectivity index (χ4n) is 2.43. The minimum Gasteiger partial charge on any atom is -0.280 e. The van der Waals surface area contributed by atoms with Crippen molar-refractivity contribution in [1.82, 2.24) is 0 Å². The number of hydrogen-bond donors (Lipinski definition) is 0. The third-order valence-electron chi connectivity index (χ3n) is 3.58. The van der Waals surface area contributed by atoms with Crippen LogP contribution >= 0.6 is 0 Å². The molecule has 0 aliphatic heterocycles. The second kappa shape index (κ2) is 8.44. The Labute approximate surface area is 141 Å². The van der Waals surface area contributed by atoms with Crippen molar-refractivity contribution < 1.29 is 9.72 Å². The molecule has 2 aromatic carbocycles. The minimum absolute atomic E-state index is 0.345. The van der Waals surface area contributed by atoms with E-state index in [1.807, 2.05) is 24.3 Å². The Morgan fingerprint density at radius 2 is 1.71 bits per heavy atom. The Balaban J connectivity index is 2.31. The van der Waals surface area contributed by atoms with Crippen molar-refractivity contribution in [2.45, 2.75) is 12.8 Å². The quantitative estimate of drug-likeness (QED) is 0.366. The number of allylic oxidation sites excluding steroid dienone is 1. The summed E-state index contributed by atoms with van der Waals surface area (Å²) >= 11 is 0. The van der Waals surface area contributed by atoms with E-state index in [2.05, 4.69) is 11.8 Å². The van der Waals surface area contributed by atoms with Gasteiger partial charge >= 0.3 is 0 Å². The number of Topliss-reactive ketones (excluding diaryl/α,β-unsaturated/α-hetero) is 1. The SMILES string of the molecule is C/C=C(/C(=O)C#Cc1ccccc1)[C@H](C[N+](=O)[O-])c1ccccc1. The Hall–Kier alpha value is -3.19. The van der Waals surface area contributed by atoms with Gasteiger partial charge in [0.05, 0.1) is 5.92 Å². The molecular formula is C20H17NO3. The van der Waals surface area contributed by atoms with Gasteiger partial charge in [-0.15, -0.1) is 0 Å². The Bertz CT molecular complexity index is 799. The van der Waals surface area contributed by atoms with Gasteiger partial charge in [-0.05, 0) is 30.5 Å². The van der Waals surface area contributed by atoms with E-state index in [1.165, 1.54) is 0 Å². The molecule has 0 unspecified atom stereocenters. The Morgan fingerprint density at radius 3 is 2.25 bits per heavy atom. The predicted octanol–water partition coefficient (Wildman–Crippen LogP) is 3.61. The van der Waals surface area contributed by atoms with Crippen LogP contribution in [-0.2, 0) is 4.79 Å². The average molecular weight is 319 g/mol. The second-order valence-electron chi connectivity index (χ2n) is 5.17. The molecule has 4 heteroatoms. The largest absolute Gasteiger partial charge is 0.280 e. The van der Waals surface area contributed by atoms with Gasteiger partial charge in [0.25, 0.3) is 0 Å². The number of hydrogen-bond acceptors (Lipinski definition) is 3. The maximum atomic E-state index is 12.5. The van der Waals surface area contributed by atoms with Gasteiger partial charge in [0.1, 0.15) is 0 Å². The van der Waals surface area contributed by atoms with Crippen LogP contribution in [0, 0.1) is 22.0 Å². The smallest absolute Gasteiger partial charge is 0.232 e. The summed E-state index contributed by atoms with van der Waals surface area (Å²) < 4.78 is 0. The van der Waals surface area contributed by atoms with Gasteiger partial charge in [0, 0.05) is 16.1 Å². The predicted molar refractivity (Wildman–Crippen MR) is 93.1 cm³/mol. The van der Waals surface area contributed by atoms with Crippen LogP contribution in [-0.4, -0.2) is 17.3 Å². The van der Waals surface area contributed by atoms with E-state index < -0.39 is 16.6 Å². The molecule has 0 saturated carbocycles. The average Bonchev–Trinajstić information content (AvgIpc) is 2.61. The first-order chi connectivity index (χ1) is 11.6. The molecule has 120 valence electrons. The maximum Gasteiger partial charge on any atom is 0.232 e. The summed E-state index contributed by atoms with van der Waals surface area (Å²) in [5.41, 5.74) is 1.81. The molecule has 24 heavy (non-hydrogen) atoms. The highest BCUT2D eigenvalue weighted by molar-refractivity contribution is 6.09. The lowest BCUT2D eigenvalue weighted by Gasteiger charge is -2.14. The number of nitrogens with zero attached hydrogens (tertiary/aromatic N) is 1. The first-order valence-electron chi connectivity index (χ1n) is 7.56. The van der Waals surface area contributed by atoms with Crippen LogP contribution in [0.25, 0.3) is 0 Å². The van der Waals surface area contributed by atoms with Gasteiger partial charge in [-0.3, -0.25) is 14.9 Å². The fourth-order valence-corrected chi connectivity index (χ4v) is 2.43. The third-order valence-corrected chi connectivity index (χ3v) is 3.58. The normalized spacial score (nSPS) is 12.0. The van der Waals surface area contributed by atoms with Crippen molar-refractivity contribution in [1.29, 1.82) is 0 Å². The molecule has 2 rings (SSSR count). The molecule has 0 amide bonds. The van der Waals surface area contributed by atoms with Crippen molar-refractivity contribution in [2.24, 2.45) is 0 Å². The van der Waals surface area contributed by atoms with Gasteiger partial charge < -0.3 is 0 Å². The highest BCUT2D eigenvalue weighted by Gasteiger charge is 2.25. The van der Waals surface area contributed by atoms with Crippen molar-refractivity contribution in [3.05, 3.63) is 93.6 Å². The first-order valence-corrected chi connectivity index (χ1v) is 7.56. The summed E-state index contributed by atoms with van der Waals surface area (Å²) in [4.78, 5) is 23.1. The van der Waals surface area contributed by atoms with Crippen LogP contribution < -0.4 is 0 Å². The fraction of sp³-hybridized carbons (Fsp3) is 0.150. The standard InChI is InChI=1S/C20H17NO3/c1-2-18(20(22)14-13-16-9-5-3-6-10-16)19(15-21(23)24)17-11-7-4-8-12-17/h2-12,19H,15H2,1H3/b18-2+/t19-/m1/s1. The zero-order valence-corrected chi connectivity index (χ0v) is 13.3. The molecule has 0 radical (unpaired) electrons. The number of carbonyl (C=O) groups excluding carboxylic acids is 1. The van der Waals surface area contributed by atoms with Crippen LogP contribution in [0.2, 0.25) is 0 Å². The van der Waals surface area contributed by atoms with Gasteiger partial charge in [0.2, 0.25) is 12.3 Å². The molecule has 0 aliphatic rings. The number of nitro groups is 1. The van der Waals surface area contributed by atoms with E-state index in [9.17, 15) is 14.9 Å². The number of carbonyl (C=O) groups is 1. The molecule has 0 spiro atoms. The van der Waals surface area contributed by atoms with Gasteiger partial charge in [-0.1, -0.05) is 60.5 Å². The molecule has 2 aromatic rings. The monoisotopic (exact) mass is 319 g/mol. The van der Waals surface area contributed by atoms with Crippen molar-refractivity contribution in [3.8, 4) is 11.8 Å². The molecule has 0 saturated heterocycles. The van der Waals surface area contributed by atoms with Crippen molar-refractivity contribution in [2.75, 3.05) is 6.54 Å². The van der Waals surface area contributed by atoms with E-state index in [0.717, 1.165) is 11.1 Å². The Morgan fingerprint density at radius 1 is 1.12 bits per heavy atom. The van der Waals surface area contributed by atoms with Crippen LogP contribution in [0.1, 0.15) is 24.0 Å². The van der Waals surface area contributed by atoms with Crippen LogP contribution in [0.3, 0.4) is 0 Å². The molecular weight excluding hydrogens is 302 g/mol. The van der Waals surface area contributed by atoms with Crippen molar-refractivity contribution >= 4 is 5.78 Å². The first kappa shape index (κ1) is 17.2. The maximum absolute atomic E-state index is 12.5. The van der Waals surface area contributed by atoms with E-state index in [-0.39, 0.29) is 6.54 Å². The summed E-state index contributed by atoms with van der Waals surface area (Å²) in [7, 11) is 0. The lowest BCUT2D eigenvalue weighted by Crippen LogP contribution is -2.19. The lowest BCUT2D eigenvalue weighted by atomic mass is 9.88. The van der Waals surface area contributed by atoms with E-state index in [0.29, 0.717) is 5.57 Å². The summed E-state index contributed by atoms with van der Waals surface area (Å²) in [5, 5.41) is 11.0. The zero-order chi connectivity index (χ0) is 17.4. The zero-order valence-electron chi connectivity index (χ0n) is 13.3. The second-order valence-corrected chi connectivity index (χ2v) is 5.17. The highest BCUT2D eigenvalue weighted by Crippen LogP contribution is 2.25. The Kier molecular flexibility index (Phi) is 6.04. The molecule has 4 nitrogen and oxygen atoms in total. The summed E-state index contributed by atoms with van der Waals surface area (Å²) in [5.74, 6) is 4.40.